The maximum atomic E-state index is 14.5. The number of rotatable bonds is 9. The summed E-state index contributed by atoms with van der Waals surface area (Å²) in [5.41, 5.74) is 3.13. The van der Waals surface area contributed by atoms with Crippen LogP contribution in [0.2, 0.25) is 10.0 Å². The molecule has 3 aromatic carbocycles. The van der Waals surface area contributed by atoms with E-state index in [2.05, 4.69) is 15.1 Å². The standard InChI is InChI=1S/C31H32Cl2FN5O3S/c1-38-30(28(33)18-36-38)25-12-11-21(16-27(25)32)31(40)39(24-9-4-3-5-10-24)29-19-35-23(13-14-37-43(2,41)42)17-26(29)20-7-6-8-22(34)15-20/h3-12,15-16,18,23,26,29,35,37H,13-14,17,19H2,1-2H3/t23?,26-,29+/m0/s1. The van der Waals surface area contributed by atoms with E-state index in [-0.39, 0.29) is 36.3 Å². The number of benzene rings is 3. The van der Waals surface area contributed by atoms with Crippen LogP contribution in [0.3, 0.4) is 0 Å². The van der Waals surface area contributed by atoms with E-state index in [1.165, 1.54) is 18.3 Å². The fraction of sp³-hybridized carbons (Fsp3) is 0.290. The Labute approximate surface area is 260 Å². The molecule has 1 saturated heterocycles. The Morgan fingerprint density at radius 1 is 1.09 bits per heavy atom. The van der Waals surface area contributed by atoms with Gasteiger partial charge in [-0.25, -0.2) is 17.5 Å². The van der Waals surface area contributed by atoms with E-state index in [9.17, 15) is 17.6 Å². The van der Waals surface area contributed by atoms with Crippen LogP contribution in [0.25, 0.3) is 11.3 Å². The number of nitrogens with one attached hydrogen (secondary N) is 2. The fourth-order valence-electron chi connectivity index (χ4n) is 5.72. The third-order valence-corrected chi connectivity index (χ3v) is 9.02. The van der Waals surface area contributed by atoms with Gasteiger partial charge in [0.15, 0.2) is 0 Å². The zero-order valence-electron chi connectivity index (χ0n) is 23.7. The number of hydrogen-bond donors (Lipinski definition) is 2. The molecule has 2 heterocycles. The number of para-hydroxylation sites is 1. The molecule has 0 bridgehead atoms. The molecule has 0 radical (unpaired) electrons. The summed E-state index contributed by atoms with van der Waals surface area (Å²) in [7, 11) is -1.56. The van der Waals surface area contributed by atoms with Crippen molar-refractivity contribution in [1.82, 2.24) is 19.8 Å². The molecule has 0 saturated carbocycles. The second-order valence-corrected chi connectivity index (χ2v) is 13.3. The Morgan fingerprint density at radius 3 is 2.51 bits per heavy atom. The number of nitrogens with zero attached hydrogens (tertiary/aromatic N) is 3. The summed E-state index contributed by atoms with van der Waals surface area (Å²) < 4.78 is 41.9. The van der Waals surface area contributed by atoms with Gasteiger partial charge >= 0.3 is 0 Å². The molecule has 3 atom stereocenters. The molecule has 5 rings (SSSR count). The van der Waals surface area contributed by atoms with E-state index in [0.717, 1.165) is 11.8 Å². The molecule has 4 aromatic rings. The second kappa shape index (κ2) is 13.2. The molecule has 0 aliphatic carbocycles. The Kier molecular flexibility index (Phi) is 9.53. The highest BCUT2D eigenvalue weighted by Gasteiger charge is 2.38. The van der Waals surface area contributed by atoms with Crippen LogP contribution < -0.4 is 14.9 Å². The summed E-state index contributed by atoms with van der Waals surface area (Å²) >= 11 is 13.1. The molecule has 0 spiro atoms. The Balaban J connectivity index is 1.51. The lowest BCUT2D eigenvalue weighted by Crippen LogP contribution is -2.56. The van der Waals surface area contributed by atoms with Crippen LogP contribution in [0.4, 0.5) is 10.1 Å². The van der Waals surface area contributed by atoms with Gasteiger partial charge in [0.2, 0.25) is 10.0 Å². The monoisotopic (exact) mass is 643 g/mol. The number of carbonyl (C=O) groups excluding carboxylic acids is 1. The molecular weight excluding hydrogens is 612 g/mol. The van der Waals surface area contributed by atoms with Crippen molar-refractivity contribution in [2.45, 2.75) is 30.8 Å². The molecule has 1 fully saturated rings. The SMILES string of the molecule is Cn1ncc(Cl)c1-c1ccc(C(=O)N(c2ccccc2)[C@@H]2CNC(CCNS(C)(=O)=O)C[C@H]2c2cccc(F)c2)cc1Cl. The van der Waals surface area contributed by atoms with Gasteiger partial charge in [-0.15, -0.1) is 0 Å². The molecule has 1 amide bonds. The van der Waals surface area contributed by atoms with Crippen molar-refractivity contribution in [3.05, 3.63) is 106 Å². The van der Waals surface area contributed by atoms with E-state index in [0.29, 0.717) is 51.9 Å². The fourth-order valence-corrected chi connectivity index (χ4v) is 6.75. The first kappa shape index (κ1) is 31.2. The normalized spacial score (nSPS) is 18.9. The Bertz CT molecular complexity index is 1700. The number of halogens is 3. The predicted octanol–water partition coefficient (Wildman–Crippen LogP) is 5.63. The number of carbonyl (C=O) groups is 1. The van der Waals surface area contributed by atoms with Crippen LogP contribution in [0.15, 0.2) is 79.0 Å². The second-order valence-electron chi connectivity index (χ2n) is 10.7. The number of sulfonamides is 1. The van der Waals surface area contributed by atoms with Crippen molar-refractivity contribution in [2.75, 3.05) is 24.2 Å². The maximum absolute atomic E-state index is 14.5. The van der Waals surface area contributed by atoms with E-state index in [4.69, 9.17) is 23.2 Å². The van der Waals surface area contributed by atoms with Crippen LogP contribution in [0, 0.1) is 5.82 Å². The van der Waals surface area contributed by atoms with Crippen molar-refractivity contribution in [3.63, 3.8) is 0 Å². The number of aromatic nitrogens is 2. The first-order valence-electron chi connectivity index (χ1n) is 13.8. The summed E-state index contributed by atoms with van der Waals surface area (Å²) in [4.78, 5) is 16.1. The summed E-state index contributed by atoms with van der Waals surface area (Å²) in [6.45, 7) is 0.672. The average molecular weight is 645 g/mol. The van der Waals surface area contributed by atoms with E-state index in [1.807, 2.05) is 36.4 Å². The molecule has 12 heteroatoms. The van der Waals surface area contributed by atoms with Gasteiger partial charge in [0.1, 0.15) is 5.82 Å². The van der Waals surface area contributed by atoms with Crippen molar-refractivity contribution in [1.29, 1.82) is 0 Å². The Hall–Kier alpha value is -3.28. The molecule has 2 N–H and O–H groups in total. The first-order chi connectivity index (χ1) is 20.5. The van der Waals surface area contributed by atoms with Gasteiger partial charge in [-0.2, -0.15) is 5.10 Å². The lowest BCUT2D eigenvalue weighted by Gasteiger charge is -2.43. The summed E-state index contributed by atoms with van der Waals surface area (Å²) in [6.07, 6.45) is 3.77. The third-order valence-electron chi connectivity index (χ3n) is 7.70. The van der Waals surface area contributed by atoms with Gasteiger partial charge in [-0.05, 0) is 54.8 Å². The topological polar surface area (TPSA) is 96.3 Å². The van der Waals surface area contributed by atoms with Gasteiger partial charge in [-0.3, -0.25) is 9.48 Å². The quantitative estimate of drug-likeness (QED) is 0.246. The lowest BCUT2D eigenvalue weighted by atomic mass is 9.80. The number of anilines is 1. The van der Waals surface area contributed by atoms with Gasteiger partial charge in [0, 0.05) is 48.9 Å². The highest BCUT2D eigenvalue weighted by atomic mass is 35.5. The number of piperidine rings is 1. The molecule has 43 heavy (non-hydrogen) atoms. The minimum absolute atomic E-state index is 0.0520. The summed E-state index contributed by atoms with van der Waals surface area (Å²) in [5, 5.41) is 8.49. The highest BCUT2D eigenvalue weighted by Crippen LogP contribution is 2.37. The highest BCUT2D eigenvalue weighted by molar-refractivity contribution is 7.88. The lowest BCUT2D eigenvalue weighted by molar-refractivity contribution is 0.0965. The third kappa shape index (κ3) is 7.27. The van der Waals surface area contributed by atoms with Crippen molar-refractivity contribution < 1.29 is 17.6 Å². The zero-order valence-corrected chi connectivity index (χ0v) is 26.0. The molecule has 1 unspecified atom stereocenters. The van der Waals surface area contributed by atoms with Crippen molar-refractivity contribution in [2.24, 2.45) is 7.05 Å². The first-order valence-corrected chi connectivity index (χ1v) is 16.5. The molecule has 1 aliphatic rings. The van der Waals surface area contributed by atoms with Gasteiger partial charge < -0.3 is 10.2 Å². The summed E-state index contributed by atoms with van der Waals surface area (Å²) in [6, 6.07) is 20.5. The zero-order chi connectivity index (χ0) is 30.7. The van der Waals surface area contributed by atoms with E-state index >= 15 is 0 Å². The van der Waals surface area contributed by atoms with Crippen LogP contribution in [0.5, 0.6) is 0 Å². The minimum atomic E-state index is -3.33. The summed E-state index contributed by atoms with van der Waals surface area (Å²) in [5.74, 6) is -0.868. The Morgan fingerprint density at radius 2 is 1.86 bits per heavy atom. The van der Waals surface area contributed by atoms with E-state index in [1.54, 1.807) is 40.9 Å². The van der Waals surface area contributed by atoms with Crippen LogP contribution in [-0.2, 0) is 17.1 Å². The minimum Gasteiger partial charge on any atom is -0.312 e. The van der Waals surface area contributed by atoms with Crippen molar-refractivity contribution in [3.8, 4) is 11.3 Å². The van der Waals surface area contributed by atoms with Crippen LogP contribution in [0.1, 0.15) is 34.7 Å². The molecule has 8 nitrogen and oxygen atoms in total. The number of aryl methyl sites for hydroxylation is 1. The molecule has 226 valence electrons. The van der Waals surface area contributed by atoms with Crippen LogP contribution >= 0.6 is 23.2 Å². The number of amides is 1. The van der Waals surface area contributed by atoms with Gasteiger partial charge in [0.25, 0.3) is 5.91 Å². The van der Waals surface area contributed by atoms with Crippen LogP contribution in [-0.4, -0.2) is 55.5 Å². The van der Waals surface area contributed by atoms with Gasteiger partial charge in [0.05, 0.1) is 34.2 Å². The smallest absolute Gasteiger partial charge is 0.258 e. The van der Waals surface area contributed by atoms with E-state index < -0.39 is 10.0 Å². The molecule has 1 aliphatic heterocycles. The largest absolute Gasteiger partial charge is 0.312 e. The predicted molar refractivity (Wildman–Crippen MR) is 169 cm³/mol. The molecule has 1 aromatic heterocycles. The number of hydrogen-bond acceptors (Lipinski definition) is 5. The van der Waals surface area contributed by atoms with Crippen molar-refractivity contribution >= 4 is 44.8 Å². The van der Waals surface area contributed by atoms with Gasteiger partial charge in [-0.1, -0.05) is 59.6 Å². The molecular formula is C31H32Cl2FN5O3S. The average Bonchev–Trinajstić information content (AvgIpc) is 3.30. The maximum Gasteiger partial charge on any atom is 0.258 e.